The van der Waals surface area contributed by atoms with E-state index in [1.165, 1.54) is 11.8 Å². The molecule has 2 aromatic carbocycles. The Bertz CT molecular complexity index is 943. The lowest BCUT2D eigenvalue weighted by atomic mass is 10.2. The van der Waals surface area contributed by atoms with Crippen LogP contribution in [0.3, 0.4) is 0 Å². The Balaban J connectivity index is 1.89. The third-order valence-electron chi connectivity index (χ3n) is 4.33. The molecule has 0 aliphatic rings. The van der Waals surface area contributed by atoms with Crippen molar-refractivity contribution >= 4 is 17.7 Å². The molecule has 0 amide bonds. The van der Waals surface area contributed by atoms with Gasteiger partial charge in [-0.15, -0.1) is 10.2 Å². The maximum atomic E-state index is 12.3. The maximum Gasteiger partial charge on any atom is 0.319 e. The number of benzene rings is 2. The molecule has 0 fully saturated rings. The fourth-order valence-corrected chi connectivity index (χ4v) is 3.82. The molecule has 0 spiro atoms. The SMILES string of the molecule is CCOC(=O)[C@@H](CC)Sc1nnc(COc2ccccc2C)n1-c1ccccc1. The van der Waals surface area contributed by atoms with E-state index in [1.54, 1.807) is 0 Å². The van der Waals surface area contributed by atoms with Crippen molar-refractivity contribution in [2.45, 2.75) is 44.2 Å². The molecule has 3 rings (SSSR count). The molecule has 1 atom stereocenters. The lowest BCUT2D eigenvalue weighted by molar-refractivity contribution is -0.142. The van der Waals surface area contributed by atoms with E-state index in [4.69, 9.17) is 9.47 Å². The van der Waals surface area contributed by atoms with Crippen LogP contribution in [0.15, 0.2) is 59.8 Å². The van der Waals surface area contributed by atoms with Gasteiger partial charge in [0.2, 0.25) is 0 Å². The molecule has 0 aliphatic carbocycles. The van der Waals surface area contributed by atoms with Crippen LogP contribution in [0.2, 0.25) is 0 Å². The molecule has 0 unspecified atom stereocenters. The van der Waals surface area contributed by atoms with Crippen LogP contribution in [0, 0.1) is 6.92 Å². The number of rotatable bonds is 9. The molecule has 0 radical (unpaired) electrons. The Kier molecular flexibility index (Phi) is 7.30. The Labute approximate surface area is 175 Å². The van der Waals surface area contributed by atoms with Crippen molar-refractivity contribution in [2.24, 2.45) is 0 Å². The van der Waals surface area contributed by atoms with Crippen molar-refractivity contribution in [3.05, 3.63) is 66.0 Å². The van der Waals surface area contributed by atoms with Gasteiger partial charge in [0.05, 0.1) is 6.61 Å². The van der Waals surface area contributed by atoms with Gasteiger partial charge < -0.3 is 9.47 Å². The van der Waals surface area contributed by atoms with Crippen LogP contribution in [0.5, 0.6) is 5.75 Å². The summed E-state index contributed by atoms with van der Waals surface area (Å²) in [5.41, 5.74) is 1.98. The first kappa shape index (κ1) is 20.9. The number of nitrogens with zero attached hydrogens (tertiary/aromatic N) is 3. The van der Waals surface area contributed by atoms with Gasteiger partial charge in [-0.05, 0) is 44.0 Å². The van der Waals surface area contributed by atoms with Crippen LogP contribution >= 0.6 is 11.8 Å². The Hall–Kier alpha value is -2.80. The zero-order valence-corrected chi connectivity index (χ0v) is 17.7. The molecule has 1 aromatic heterocycles. The van der Waals surface area contributed by atoms with Crippen LogP contribution in [0.25, 0.3) is 5.69 Å². The van der Waals surface area contributed by atoms with E-state index in [0.717, 1.165) is 17.0 Å². The number of esters is 1. The van der Waals surface area contributed by atoms with Gasteiger partial charge >= 0.3 is 5.97 Å². The molecule has 1 heterocycles. The highest BCUT2D eigenvalue weighted by Gasteiger charge is 2.24. The van der Waals surface area contributed by atoms with Crippen LogP contribution in [0.1, 0.15) is 31.7 Å². The second-order valence-corrected chi connectivity index (χ2v) is 7.56. The van der Waals surface area contributed by atoms with E-state index < -0.39 is 0 Å². The second kappa shape index (κ2) is 10.1. The molecule has 0 bridgehead atoms. The quantitative estimate of drug-likeness (QED) is 0.379. The van der Waals surface area contributed by atoms with Crippen molar-refractivity contribution in [3.63, 3.8) is 0 Å². The minimum absolute atomic E-state index is 0.236. The average molecular weight is 412 g/mol. The summed E-state index contributed by atoms with van der Waals surface area (Å²) < 4.78 is 13.1. The number of para-hydroxylation sites is 2. The van der Waals surface area contributed by atoms with Gasteiger partial charge in [-0.1, -0.05) is 55.1 Å². The molecule has 0 saturated carbocycles. The number of ether oxygens (including phenoxy) is 2. The highest BCUT2D eigenvalue weighted by Crippen LogP contribution is 2.29. The minimum atomic E-state index is -0.341. The Morgan fingerprint density at radius 3 is 2.48 bits per heavy atom. The van der Waals surface area contributed by atoms with Crippen LogP contribution in [-0.2, 0) is 16.1 Å². The molecular weight excluding hydrogens is 386 g/mol. The summed E-state index contributed by atoms with van der Waals surface area (Å²) >= 11 is 1.36. The highest BCUT2D eigenvalue weighted by molar-refractivity contribution is 8.00. The van der Waals surface area contributed by atoms with E-state index in [9.17, 15) is 4.79 Å². The van der Waals surface area contributed by atoms with Crippen molar-refractivity contribution in [1.82, 2.24) is 14.8 Å². The summed E-state index contributed by atoms with van der Waals surface area (Å²) in [5.74, 6) is 1.24. The first-order valence-electron chi connectivity index (χ1n) is 9.65. The van der Waals surface area contributed by atoms with E-state index >= 15 is 0 Å². The molecule has 3 aromatic rings. The number of thioether (sulfide) groups is 1. The van der Waals surface area contributed by atoms with Gasteiger partial charge in [0.15, 0.2) is 11.0 Å². The fraction of sp³-hybridized carbons (Fsp3) is 0.318. The minimum Gasteiger partial charge on any atom is -0.485 e. The molecule has 0 aliphatic heterocycles. The molecule has 29 heavy (non-hydrogen) atoms. The summed E-state index contributed by atoms with van der Waals surface area (Å²) in [7, 11) is 0. The third-order valence-corrected chi connectivity index (χ3v) is 5.62. The fourth-order valence-electron chi connectivity index (χ4n) is 2.83. The Morgan fingerprint density at radius 2 is 1.79 bits per heavy atom. The van der Waals surface area contributed by atoms with Gasteiger partial charge in [-0.25, -0.2) is 0 Å². The average Bonchev–Trinajstić information content (AvgIpc) is 3.14. The van der Waals surface area contributed by atoms with Crippen LogP contribution < -0.4 is 4.74 Å². The lowest BCUT2D eigenvalue weighted by Crippen LogP contribution is -2.20. The summed E-state index contributed by atoms with van der Waals surface area (Å²) in [5, 5.41) is 8.99. The number of hydrogen-bond acceptors (Lipinski definition) is 6. The first-order valence-corrected chi connectivity index (χ1v) is 10.5. The van der Waals surface area contributed by atoms with Gasteiger partial charge in [-0.3, -0.25) is 9.36 Å². The lowest BCUT2D eigenvalue weighted by Gasteiger charge is -2.15. The van der Waals surface area contributed by atoms with Gasteiger partial charge in [0, 0.05) is 5.69 Å². The smallest absolute Gasteiger partial charge is 0.319 e. The molecule has 152 valence electrons. The monoisotopic (exact) mass is 411 g/mol. The predicted molar refractivity (Wildman–Crippen MR) is 113 cm³/mol. The van der Waals surface area contributed by atoms with E-state index in [-0.39, 0.29) is 17.8 Å². The topological polar surface area (TPSA) is 66.2 Å². The maximum absolute atomic E-state index is 12.3. The number of aromatic nitrogens is 3. The highest BCUT2D eigenvalue weighted by atomic mass is 32.2. The molecular formula is C22H25N3O3S. The van der Waals surface area contributed by atoms with Gasteiger partial charge in [0.1, 0.15) is 17.6 Å². The van der Waals surface area contributed by atoms with Crippen molar-refractivity contribution in [1.29, 1.82) is 0 Å². The van der Waals surface area contributed by atoms with E-state index in [1.807, 2.05) is 79.9 Å². The first-order chi connectivity index (χ1) is 14.1. The Morgan fingerprint density at radius 1 is 1.07 bits per heavy atom. The zero-order valence-electron chi connectivity index (χ0n) is 16.9. The summed E-state index contributed by atoms with van der Waals surface area (Å²) in [6, 6.07) is 17.7. The standard InChI is InChI=1S/C22H25N3O3S/c1-4-19(21(26)27-5-2)29-22-24-23-20(25(22)17-12-7-6-8-13-17)15-28-18-14-10-9-11-16(18)3/h6-14,19H,4-5,15H2,1-3H3/t19-/m1/s1. The van der Waals surface area contributed by atoms with Crippen LogP contribution in [0.4, 0.5) is 0 Å². The number of hydrogen-bond donors (Lipinski definition) is 0. The van der Waals surface area contributed by atoms with Crippen molar-refractivity contribution in [2.75, 3.05) is 6.61 Å². The van der Waals surface area contributed by atoms with E-state index in [2.05, 4.69) is 10.2 Å². The summed E-state index contributed by atoms with van der Waals surface area (Å²) in [4.78, 5) is 12.3. The van der Waals surface area contributed by atoms with E-state index in [0.29, 0.717) is 24.0 Å². The number of aryl methyl sites for hydroxylation is 1. The summed E-state index contributed by atoms with van der Waals surface area (Å²) in [6.45, 7) is 6.40. The van der Waals surface area contributed by atoms with Crippen molar-refractivity contribution in [3.8, 4) is 11.4 Å². The molecule has 7 heteroatoms. The molecule has 0 saturated heterocycles. The number of carbonyl (C=O) groups is 1. The number of carbonyl (C=O) groups excluding carboxylic acids is 1. The van der Waals surface area contributed by atoms with Gasteiger partial charge in [0.25, 0.3) is 0 Å². The third kappa shape index (κ3) is 5.17. The summed E-state index contributed by atoms with van der Waals surface area (Å²) in [6.07, 6.45) is 0.639. The molecule has 0 N–H and O–H groups in total. The van der Waals surface area contributed by atoms with Crippen LogP contribution in [-0.4, -0.2) is 32.6 Å². The predicted octanol–water partition coefficient (Wildman–Crippen LogP) is 4.59. The van der Waals surface area contributed by atoms with Gasteiger partial charge in [-0.2, -0.15) is 0 Å². The normalized spacial score (nSPS) is 11.8. The second-order valence-electron chi connectivity index (χ2n) is 6.39. The zero-order chi connectivity index (χ0) is 20.6. The largest absolute Gasteiger partial charge is 0.485 e. The van der Waals surface area contributed by atoms with Crippen molar-refractivity contribution < 1.29 is 14.3 Å². The molecule has 6 nitrogen and oxygen atoms in total.